The molecule has 2 aromatic rings. The maximum atomic E-state index is 12.8. The van der Waals surface area contributed by atoms with Gasteiger partial charge in [0.05, 0.1) is 6.20 Å². The average Bonchev–Trinajstić information content (AvgIpc) is 3.16. The fourth-order valence-electron chi connectivity index (χ4n) is 3.69. The van der Waals surface area contributed by atoms with E-state index >= 15 is 0 Å². The molecule has 0 unspecified atom stereocenters. The first-order chi connectivity index (χ1) is 12.3. The summed E-state index contributed by atoms with van der Waals surface area (Å²) in [6.07, 6.45) is 4.25. The van der Waals surface area contributed by atoms with Gasteiger partial charge in [-0.05, 0) is 37.0 Å². The second-order valence-electron chi connectivity index (χ2n) is 6.63. The summed E-state index contributed by atoms with van der Waals surface area (Å²) in [5.74, 6) is 1.82. The normalized spacial score (nSPS) is 20.5. The minimum absolute atomic E-state index is 0.0216. The van der Waals surface area contributed by atoms with E-state index in [1.165, 1.54) is 11.3 Å². The fraction of sp³-hybridized carbons (Fsp3) is 0.474. The van der Waals surface area contributed by atoms with Crippen molar-refractivity contribution >= 4 is 5.91 Å². The van der Waals surface area contributed by atoms with Crippen LogP contribution in [0, 0.1) is 0 Å². The molecule has 0 saturated carbocycles. The van der Waals surface area contributed by atoms with Gasteiger partial charge in [0.2, 0.25) is 6.10 Å². The van der Waals surface area contributed by atoms with E-state index in [4.69, 9.17) is 9.47 Å². The largest absolute Gasteiger partial charge is 0.485 e. The van der Waals surface area contributed by atoms with Gasteiger partial charge in [0.15, 0.2) is 11.5 Å². The molecule has 1 aromatic heterocycles. The number of nitrogens with one attached hydrogen (secondary N) is 1. The molecule has 0 spiro atoms. The molecule has 2 aliphatic heterocycles. The third-order valence-electron chi connectivity index (χ3n) is 5.13. The maximum Gasteiger partial charge on any atom is 0.267 e. The SMILES string of the molecule is CCc1cn[nH]c1C1CCN(C(=O)[C@H]2COc3ccccc3O2)CC1. The van der Waals surface area contributed by atoms with Crippen LogP contribution in [0.5, 0.6) is 11.5 Å². The summed E-state index contributed by atoms with van der Waals surface area (Å²) in [6, 6.07) is 7.48. The Kier molecular flexibility index (Phi) is 4.34. The zero-order valence-corrected chi connectivity index (χ0v) is 14.4. The van der Waals surface area contributed by atoms with Crippen molar-refractivity contribution in [3.63, 3.8) is 0 Å². The number of fused-ring (bicyclic) bond motifs is 1. The van der Waals surface area contributed by atoms with E-state index in [-0.39, 0.29) is 12.5 Å². The van der Waals surface area contributed by atoms with Gasteiger partial charge < -0.3 is 14.4 Å². The number of hydrogen-bond donors (Lipinski definition) is 1. The number of likely N-dealkylation sites (tertiary alicyclic amines) is 1. The van der Waals surface area contributed by atoms with Crippen molar-refractivity contribution in [1.82, 2.24) is 15.1 Å². The Morgan fingerprint density at radius 1 is 1.28 bits per heavy atom. The minimum Gasteiger partial charge on any atom is -0.485 e. The standard InChI is InChI=1S/C19H23N3O3/c1-2-13-11-20-21-18(13)14-7-9-22(10-8-14)19(23)17-12-24-15-5-3-4-6-16(15)25-17/h3-6,11,14,17H,2,7-10,12H2,1H3,(H,20,21)/t17-/m1/s1. The molecule has 1 N–H and O–H groups in total. The van der Waals surface area contributed by atoms with E-state index < -0.39 is 6.10 Å². The predicted molar refractivity (Wildman–Crippen MR) is 92.9 cm³/mol. The van der Waals surface area contributed by atoms with Crippen molar-refractivity contribution in [2.24, 2.45) is 0 Å². The van der Waals surface area contributed by atoms with Crippen molar-refractivity contribution in [2.75, 3.05) is 19.7 Å². The molecule has 1 amide bonds. The molecule has 1 aromatic carbocycles. The molecule has 6 nitrogen and oxygen atoms in total. The number of aromatic nitrogens is 2. The van der Waals surface area contributed by atoms with Gasteiger partial charge in [-0.15, -0.1) is 0 Å². The average molecular weight is 341 g/mol. The van der Waals surface area contributed by atoms with E-state index in [1.807, 2.05) is 35.4 Å². The number of carbonyl (C=O) groups is 1. The monoisotopic (exact) mass is 341 g/mol. The third-order valence-corrected chi connectivity index (χ3v) is 5.13. The first kappa shape index (κ1) is 16.0. The molecular formula is C19H23N3O3. The number of nitrogens with zero attached hydrogens (tertiary/aromatic N) is 2. The van der Waals surface area contributed by atoms with Crippen LogP contribution in [0.3, 0.4) is 0 Å². The summed E-state index contributed by atoms with van der Waals surface area (Å²) >= 11 is 0. The van der Waals surface area contributed by atoms with Crippen LogP contribution in [0.25, 0.3) is 0 Å². The van der Waals surface area contributed by atoms with Gasteiger partial charge in [-0.3, -0.25) is 9.89 Å². The van der Waals surface area contributed by atoms with Crippen LogP contribution in [0.2, 0.25) is 0 Å². The minimum atomic E-state index is -0.551. The Labute approximate surface area is 147 Å². The fourth-order valence-corrected chi connectivity index (χ4v) is 3.69. The summed E-state index contributed by atoms with van der Waals surface area (Å²) in [6.45, 7) is 3.90. The highest BCUT2D eigenvalue weighted by Crippen LogP contribution is 2.33. The molecule has 132 valence electrons. The van der Waals surface area contributed by atoms with E-state index in [0.717, 1.165) is 32.4 Å². The summed E-state index contributed by atoms with van der Waals surface area (Å²) in [4.78, 5) is 14.7. The lowest BCUT2D eigenvalue weighted by atomic mass is 9.90. The molecule has 0 radical (unpaired) electrons. The zero-order chi connectivity index (χ0) is 17.2. The van der Waals surface area contributed by atoms with Crippen LogP contribution in [-0.4, -0.2) is 46.8 Å². The first-order valence-corrected chi connectivity index (χ1v) is 8.95. The number of aromatic amines is 1. The predicted octanol–water partition coefficient (Wildman–Crippen LogP) is 2.52. The Morgan fingerprint density at radius 3 is 2.80 bits per heavy atom. The lowest BCUT2D eigenvalue weighted by molar-refractivity contribution is -0.142. The number of aryl methyl sites for hydroxylation is 1. The highest BCUT2D eigenvalue weighted by atomic mass is 16.6. The van der Waals surface area contributed by atoms with E-state index in [0.29, 0.717) is 17.4 Å². The highest BCUT2D eigenvalue weighted by molar-refractivity contribution is 5.82. The molecule has 2 aliphatic rings. The molecule has 3 heterocycles. The Morgan fingerprint density at radius 2 is 2.04 bits per heavy atom. The third kappa shape index (κ3) is 3.08. The van der Waals surface area contributed by atoms with Crippen LogP contribution in [-0.2, 0) is 11.2 Å². The van der Waals surface area contributed by atoms with Gasteiger partial charge in [-0.1, -0.05) is 19.1 Å². The lowest BCUT2D eigenvalue weighted by Gasteiger charge is -2.35. The van der Waals surface area contributed by atoms with Gasteiger partial charge in [-0.2, -0.15) is 5.10 Å². The summed E-state index contributed by atoms with van der Waals surface area (Å²) < 4.78 is 11.5. The lowest BCUT2D eigenvalue weighted by Crippen LogP contribution is -2.48. The molecule has 1 fully saturated rings. The smallest absolute Gasteiger partial charge is 0.267 e. The molecule has 1 saturated heterocycles. The number of H-pyrrole nitrogens is 1. The summed E-state index contributed by atoms with van der Waals surface area (Å²) in [5, 5.41) is 7.32. The summed E-state index contributed by atoms with van der Waals surface area (Å²) in [7, 11) is 0. The second kappa shape index (κ2) is 6.78. The van der Waals surface area contributed by atoms with Gasteiger partial charge >= 0.3 is 0 Å². The topological polar surface area (TPSA) is 67.5 Å². The molecule has 0 bridgehead atoms. The van der Waals surface area contributed by atoms with Crippen molar-refractivity contribution in [1.29, 1.82) is 0 Å². The quantitative estimate of drug-likeness (QED) is 0.931. The number of ether oxygens (including phenoxy) is 2. The van der Waals surface area contributed by atoms with Crippen molar-refractivity contribution in [3.05, 3.63) is 41.7 Å². The van der Waals surface area contributed by atoms with Crippen LogP contribution in [0.15, 0.2) is 30.5 Å². The van der Waals surface area contributed by atoms with Gasteiger partial charge in [0.25, 0.3) is 5.91 Å². The first-order valence-electron chi connectivity index (χ1n) is 8.95. The molecule has 4 rings (SSSR count). The number of carbonyl (C=O) groups excluding carboxylic acids is 1. The van der Waals surface area contributed by atoms with Crippen LogP contribution in [0.1, 0.15) is 36.9 Å². The summed E-state index contributed by atoms with van der Waals surface area (Å²) in [5.41, 5.74) is 2.52. The Balaban J connectivity index is 1.37. The number of piperidine rings is 1. The molecule has 6 heteroatoms. The van der Waals surface area contributed by atoms with Gasteiger partial charge in [0, 0.05) is 24.7 Å². The number of hydrogen-bond acceptors (Lipinski definition) is 4. The number of para-hydroxylation sites is 2. The van der Waals surface area contributed by atoms with Crippen LogP contribution < -0.4 is 9.47 Å². The molecular weight excluding hydrogens is 318 g/mol. The van der Waals surface area contributed by atoms with Gasteiger partial charge in [-0.25, -0.2) is 0 Å². The van der Waals surface area contributed by atoms with Crippen molar-refractivity contribution in [2.45, 2.75) is 38.2 Å². The molecule has 25 heavy (non-hydrogen) atoms. The van der Waals surface area contributed by atoms with E-state index in [2.05, 4.69) is 17.1 Å². The van der Waals surface area contributed by atoms with Gasteiger partial charge in [0.1, 0.15) is 6.61 Å². The number of amides is 1. The van der Waals surface area contributed by atoms with Crippen molar-refractivity contribution in [3.8, 4) is 11.5 Å². The Bertz CT molecular complexity index is 750. The van der Waals surface area contributed by atoms with E-state index in [9.17, 15) is 4.79 Å². The second-order valence-corrected chi connectivity index (χ2v) is 6.63. The Hall–Kier alpha value is -2.50. The molecule has 1 atom stereocenters. The van der Waals surface area contributed by atoms with Crippen LogP contribution in [0.4, 0.5) is 0 Å². The van der Waals surface area contributed by atoms with E-state index in [1.54, 1.807) is 0 Å². The maximum absolute atomic E-state index is 12.8. The highest BCUT2D eigenvalue weighted by Gasteiger charge is 2.33. The van der Waals surface area contributed by atoms with Crippen LogP contribution >= 0.6 is 0 Å². The zero-order valence-electron chi connectivity index (χ0n) is 14.4. The number of rotatable bonds is 3. The number of benzene rings is 1. The van der Waals surface area contributed by atoms with Crippen molar-refractivity contribution < 1.29 is 14.3 Å². The molecule has 0 aliphatic carbocycles.